The second-order valence-electron chi connectivity index (χ2n) is 7.79. The molecule has 1 fully saturated rings. The van der Waals surface area contributed by atoms with Crippen molar-refractivity contribution in [2.45, 2.75) is 123 Å². The summed E-state index contributed by atoms with van der Waals surface area (Å²) in [7, 11) is 0. The topological polar surface area (TPSA) is 12.5 Å². The molecule has 1 heterocycles. The molecular weight excluding hydrogens is 294 g/mol. The van der Waals surface area contributed by atoms with E-state index in [0.29, 0.717) is 6.10 Å². The highest BCUT2D eigenvalue weighted by Gasteiger charge is 2.22. The summed E-state index contributed by atoms with van der Waals surface area (Å²) in [5.41, 5.74) is 0. The molecule has 0 aromatic heterocycles. The van der Waals surface area contributed by atoms with E-state index >= 15 is 0 Å². The van der Waals surface area contributed by atoms with Gasteiger partial charge < -0.3 is 4.74 Å². The highest BCUT2D eigenvalue weighted by molar-refractivity contribution is 4.76. The van der Waals surface area contributed by atoms with Crippen molar-refractivity contribution in [3.63, 3.8) is 0 Å². The van der Waals surface area contributed by atoms with Crippen molar-refractivity contribution in [2.75, 3.05) is 19.7 Å². The summed E-state index contributed by atoms with van der Waals surface area (Å²) >= 11 is 0. The van der Waals surface area contributed by atoms with E-state index in [-0.39, 0.29) is 0 Å². The fourth-order valence-electron chi connectivity index (χ4n) is 4.01. The van der Waals surface area contributed by atoms with Gasteiger partial charge in [-0.25, -0.2) is 0 Å². The van der Waals surface area contributed by atoms with Crippen molar-refractivity contribution in [3.8, 4) is 0 Å². The van der Waals surface area contributed by atoms with E-state index in [0.717, 1.165) is 19.2 Å². The Morgan fingerprint density at radius 2 is 1.38 bits per heavy atom. The third-order valence-electron chi connectivity index (χ3n) is 5.72. The predicted octanol–water partition coefficient (Wildman–Crippen LogP) is 6.58. The first-order chi connectivity index (χ1) is 11.8. The molecule has 1 saturated heterocycles. The van der Waals surface area contributed by atoms with Crippen molar-refractivity contribution in [1.29, 1.82) is 0 Å². The van der Waals surface area contributed by atoms with Gasteiger partial charge in [0.15, 0.2) is 0 Å². The molecule has 0 N–H and O–H groups in total. The molecule has 144 valence electrons. The molecule has 1 rings (SSSR count). The van der Waals surface area contributed by atoms with Gasteiger partial charge in [-0.05, 0) is 25.7 Å². The Balaban J connectivity index is 2.36. The molecule has 0 aliphatic carbocycles. The first-order valence-corrected chi connectivity index (χ1v) is 11.2. The third-order valence-corrected chi connectivity index (χ3v) is 5.72. The van der Waals surface area contributed by atoms with Crippen LogP contribution in [-0.4, -0.2) is 36.7 Å². The van der Waals surface area contributed by atoms with Crippen LogP contribution in [0.1, 0.15) is 111 Å². The molecule has 0 radical (unpaired) electrons. The van der Waals surface area contributed by atoms with Gasteiger partial charge in [-0.3, -0.25) is 4.90 Å². The molecule has 1 unspecified atom stereocenters. The van der Waals surface area contributed by atoms with E-state index in [4.69, 9.17) is 4.74 Å². The average Bonchev–Trinajstić information content (AvgIpc) is 2.85. The minimum Gasteiger partial charge on any atom is -0.377 e. The Kier molecular flexibility index (Phi) is 13.9. The van der Waals surface area contributed by atoms with Crippen LogP contribution >= 0.6 is 0 Å². The lowest BCUT2D eigenvalue weighted by Gasteiger charge is -2.30. The molecular formula is C22H45NO. The van der Waals surface area contributed by atoms with Gasteiger partial charge in [-0.15, -0.1) is 0 Å². The first-order valence-electron chi connectivity index (χ1n) is 11.2. The molecule has 0 saturated carbocycles. The zero-order valence-corrected chi connectivity index (χ0v) is 17.0. The third kappa shape index (κ3) is 10.0. The summed E-state index contributed by atoms with van der Waals surface area (Å²) in [6, 6.07) is 0.812. The van der Waals surface area contributed by atoms with E-state index in [1.54, 1.807) is 0 Å². The zero-order valence-electron chi connectivity index (χ0n) is 17.0. The van der Waals surface area contributed by atoms with Gasteiger partial charge in [0.1, 0.15) is 0 Å². The van der Waals surface area contributed by atoms with Crippen LogP contribution in [0.3, 0.4) is 0 Å². The molecule has 0 aromatic carbocycles. The second-order valence-corrected chi connectivity index (χ2v) is 7.79. The number of nitrogens with zero attached hydrogens (tertiary/aromatic N) is 1. The van der Waals surface area contributed by atoms with E-state index in [2.05, 4.69) is 25.7 Å². The number of rotatable bonds is 14. The maximum absolute atomic E-state index is 6.01. The number of unbranched alkanes of at least 4 members (excludes halogenated alkanes) is 8. The Morgan fingerprint density at radius 3 is 1.92 bits per heavy atom. The smallest absolute Gasteiger partial charge is 0.0597 e. The fraction of sp³-hybridized carbons (Fsp3) is 1.00. The molecule has 2 heteroatoms. The summed E-state index contributed by atoms with van der Waals surface area (Å²) < 4.78 is 6.01. The van der Waals surface area contributed by atoms with Gasteiger partial charge in [0.2, 0.25) is 0 Å². The first kappa shape index (κ1) is 22.0. The Morgan fingerprint density at radius 1 is 0.792 bits per heavy atom. The van der Waals surface area contributed by atoms with Crippen molar-refractivity contribution in [2.24, 2.45) is 0 Å². The molecule has 0 bridgehead atoms. The lowest BCUT2D eigenvalue weighted by molar-refractivity contribution is 0.0577. The SMILES string of the molecule is CCCCCCCC(CCCCCCC)N1CCOC(CC)CC1. The average molecular weight is 340 g/mol. The highest BCUT2D eigenvalue weighted by atomic mass is 16.5. The lowest BCUT2D eigenvalue weighted by atomic mass is 9.98. The summed E-state index contributed by atoms with van der Waals surface area (Å²) in [6.07, 6.45) is 19.8. The van der Waals surface area contributed by atoms with Crippen molar-refractivity contribution >= 4 is 0 Å². The predicted molar refractivity (Wildman–Crippen MR) is 107 cm³/mol. The lowest BCUT2D eigenvalue weighted by Crippen LogP contribution is -2.37. The van der Waals surface area contributed by atoms with Crippen LogP contribution in [0.4, 0.5) is 0 Å². The molecule has 0 spiro atoms. The van der Waals surface area contributed by atoms with Crippen LogP contribution in [0.5, 0.6) is 0 Å². The number of hydrogen-bond acceptors (Lipinski definition) is 2. The summed E-state index contributed by atoms with van der Waals surface area (Å²) in [5, 5.41) is 0. The van der Waals surface area contributed by atoms with Crippen molar-refractivity contribution in [3.05, 3.63) is 0 Å². The molecule has 1 aliphatic rings. The van der Waals surface area contributed by atoms with E-state index in [1.165, 1.54) is 96.4 Å². The summed E-state index contributed by atoms with van der Waals surface area (Å²) in [5.74, 6) is 0. The van der Waals surface area contributed by atoms with E-state index in [9.17, 15) is 0 Å². The number of hydrogen-bond donors (Lipinski definition) is 0. The maximum atomic E-state index is 6.01. The molecule has 0 aromatic rings. The number of ether oxygens (including phenoxy) is 1. The van der Waals surface area contributed by atoms with Gasteiger partial charge in [0.25, 0.3) is 0 Å². The van der Waals surface area contributed by atoms with Crippen LogP contribution in [0.25, 0.3) is 0 Å². The van der Waals surface area contributed by atoms with Crippen LogP contribution < -0.4 is 0 Å². The van der Waals surface area contributed by atoms with Crippen molar-refractivity contribution < 1.29 is 4.74 Å². The van der Waals surface area contributed by atoms with Gasteiger partial charge in [0.05, 0.1) is 12.7 Å². The van der Waals surface area contributed by atoms with Gasteiger partial charge in [-0.1, -0.05) is 85.0 Å². The molecule has 2 nitrogen and oxygen atoms in total. The normalized spacial score (nSPS) is 19.8. The van der Waals surface area contributed by atoms with Crippen LogP contribution in [0.15, 0.2) is 0 Å². The fourth-order valence-corrected chi connectivity index (χ4v) is 4.01. The Bertz CT molecular complexity index is 255. The van der Waals surface area contributed by atoms with Gasteiger partial charge in [0, 0.05) is 19.1 Å². The van der Waals surface area contributed by atoms with Gasteiger partial charge in [-0.2, -0.15) is 0 Å². The molecule has 0 amide bonds. The Hall–Kier alpha value is -0.0800. The monoisotopic (exact) mass is 339 g/mol. The largest absolute Gasteiger partial charge is 0.377 e. The van der Waals surface area contributed by atoms with E-state index < -0.39 is 0 Å². The summed E-state index contributed by atoms with van der Waals surface area (Å²) in [4.78, 5) is 2.77. The maximum Gasteiger partial charge on any atom is 0.0597 e. The quantitative estimate of drug-likeness (QED) is 0.331. The molecule has 1 aliphatic heterocycles. The van der Waals surface area contributed by atoms with Crippen LogP contribution in [0, 0.1) is 0 Å². The minimum atomic E-state index is 0.504. The molecule has 24 heavy (non-hydrogen) atoms. The Labute approximate surface area is 152 Å². The highest BCUT2D eigenvalue weighted by Crippen LogP contribution is 2.21. The minimum absolute atomic E-state index is 0.504. The van der Waals surface area contributed by atoms with Gasteiger partial charge >= 0.3 is 0 Å². The van der Waals surface area contributed by atoms with Crippen molar-refractivity contribution in [1.82, 2.24) is 4.90 Å². The van der Waals surface area contributed by atoms with Crippen LogP contribution in [0.2, 0.25) is 0 Å². The zero-order chi connectivity index (χ0) is 17.5. The summed E-state index contributed by atoms with van der Waals surface area (Å²) in [6.45, 7) is 10.2. The van der Waals surface area contributed by atoms with E-state index in [1.807, 2.05) is 0 Å². The van der Waals surface area contributed by atoms with Crippen LogP contribution in [-0.2, 0) is 4.74 Å². The standard InChI is InChI=1S/C22H45NO/c1-4-7-9-11-13-15-21(16-14-12-10-8-5-2)23-18-17-22(6-3)24-20-19-23/h21-22H,4-20H2,1-3H3. The molecule has 1 atom stereocenters. The second kappa shape index (κ2) is 15.2.